The van der Waals surface area contributed by atoms with Crippen LogP contribution in [-0.4, -0.2) is 59.8 Å². The van der Waals surface area contributed by atoms with E-state index in [1.165, 1.54) is 6.20 Å². The normalized spacial score (nSPS) is 17.8. The topological polar surface area (TPSA) is 89.3 Å². The highest BCUT2D eigenvalue weighted by Gasteiger charge is 2.47. The average molecular weight is 415 g/mol. The quantitative estimate of drug-likeness (QED) is 0.811. The smallest absolute Gasteiger partial charge is 0.268 e. The summed E-state index contributed by atoms with van der Waals surface area (Å²) in [4.78, 5) is 32.2. The second kappa shape index (κ2) is 8.22. The van der Waals surface area contributed by atoms with Crippen LogP contribution in [0.4, 0.5) is 14.5 Å². The fourth-order valence-corrected chi connectivity index (χ4v) is 3.40. The monoisotopic (exact) mass is 415 g/mol. The van der Waals surface area contributed by atoms with Gasteiger partial charge in [-0.15, -0.1) is 0 Å². The molecule has 3 rings (SSSR count). The number of alkyl halides is 2. The van der Waals surface area contributed by atoms with Crippen LogP contribution >= 0.6 is 0 Å². The molecule has 158 valence electrons. The van der Waals surface area contributed by atoms with Crippen LogP contribution in [-0.2, 0) is 4.79 Å². The summed E-state index contributed by atoms with van der Waals surface area (Å²) in [6, 6.07) is 7.90. The van der Waals surface area contributed by atoms with E-state index in [9.17, 15) is 18.4 Å². The lowest BCUT2D eigenvalue weighted by molar-refractivity contribution is -0.131. The molecule has 9 heteroatoms. The summed E-state index contributed by atoms with van der Waals surface area (Å²) in [6.45, 7) is 2.80. The Balaban J connectivity index is 1.78. The van der Waals surface area contributed by atoms with Crippen LogP contribution in [0.15, 0.2) is 30.5 Å². The number of nitrogens with one attached hydrogen (secondary N) is 1. The summed E-state index contributed by atoms with van der Waals surface area (Å²) in [5.41, 5.74) is 1.86. The summed E-state index contributed by atoms with van der Waals surface area (Å²) in [5, 5.41) is 12.1. The Kier molecular flexibility index (Phi) is 5.87. The molecule has 1 saturated heterocycles. The Bertz CT molecular complexity index is 1020. The van der Waals surface area contributed by atoms with E-state index in [4.69, 9.17) is 5.26 Å². The largest absolute Gasteiger partial charge is 0.372 e. The predicted molar refractivity (Wildman–Crippen MR) is 108 cm³/mol. The number of pyridine rings is 1. The van der Waals surface area contributed by atoms with Gasteiger partial charge in [0.2, 0.25) is 5.91 Å². The number of nitrogens with zero attached hydrogens (tertiary/aromatic N) is 4. The number of hydrogen-bond acceptors (Lipinski definition) is 5. The molecule has 0 saturated carbocycles. The van der Waals surface area contributed by atoms with Gasteiger partial charge in [0.1, 0.15) is 6.04 Å². The molecule has 1 atom stereocenters. The van der Waals surface area contributed by atoms with E-state index in [0.29, 0.717) is 16.5 Å². The number of halogens is 2. The van der Waals surface area contributed by atoms with Crippen molar-refractivity contribution in [1.82, 2.24) is 15.2 Å². The summed E-state index contributed by atoms with van der Waals surface area (Å²) in [5.74, 6) is -4.33. The van der Waals surface area contributed by atoms with E-state index in [1.807, 2.05) is 44.0 Å². The zero-order chi connectivity index (χ0) is 22.1. The zero-order valence-corrected chi connectivity index (χ0v) is 17.0. The number of benzene rings is 1. The van der Waals surface area contributed by atoms with Gasteiger partial charge in [-0.3, -0.25) is 14.6 Å². The Morgan fingerprint density at radius 2 is 2.13 bits per heavy atom. The molecule has 0 aliphatic carbocycles. The number of hydrogen-bond donors (Lipinski definition) is 1. The van der Waals surface area contributed by atoms with Crippen molar-refractivity contribution in [2.24, 2.45) is 0 Å². The van der Waals surface area contributed by atoms with Crippen LogP contribution in [0.3, 0.4) is 0 Å². The highest BCUT2D eigenvalue weighted by Crippen LogP contribution is 2.31. The van der Waals surface area contributed by atoms with Crippen molar-refractivity contribution < 1.29 is 18.4 Å². The molecular weight excluding hydrogens is 392 g/mol. The van der Waals surface area contributed by atoms with Gasteiger partial charge in [-0.25, -0.2) is 8.78 Å². The summed E-state index contributed by atoms with van der Waals surface area (Å²) >= 11 is 0. The first-order valence-corrected chi connectivity index (χ1v) is 9.59. The van der Waals surface area contributed by atoms with Gasteiger partial charge in [0.15, 0.2) is 0 Å². The Labute approximate surface area is 173 Å². The second-order valence-corrected chi connectivity index (χ2v) is 7.67. The first-order chi connectivity index (χ1) is 14.1. The molecule has 1 aliphatic heterocycles. The second-order valence-electron chi connectivity index (χ2n) is 7.67. The standard InChI is InChI=1S/C21H23F2N5O2/c1-13(2)27(3)14-4-5-18-17(8-14)16(6-7-25-18)20(30)26-11-19(29)28-12-21(22,23)9-15(28)10-24/h4-8,13,15H,9,11-12H2,1-3H3,(H,26,30). The summed E-state index contributed by atoms with van der Waals surface area (Å²) in [6.07, 6.45) is 0.808. The minimum atomic E-state index is -3.10. The van der Waals surface area contributed by atoms with Crippen LogP contribution in [0, 0.1) is 11.3 Å². The minimum Gasteiger partial charge on any atom is -0.372 e. The van der Waals surface area contributed by atoms with Crippen molar-refractivity contribution in [3.05, 3.63) is 36.0 Å². The first kappa shape index (κ1) is 21.4. The van der Waals surface area contributed by atoms with E-state index in [-0.39, 0.29) is 6.04 Å². The van der Waals surface area contributed by atoms with Gasteiger partial charge in [-0.05, 0) is 38.1 Å². The number of fused-ring (bicyclic) bond motifs is 1. The van der Waals surface area contributed by atoms with Crippen LogP contribution in [0.1, 0.15) is 30.6 Å². The molecule has 1 unspecified atom stereocenters. The van der Waals surface area contributed by atoms with Gasteiger partial charge < -0.3 is 15.1 Å². The third kappa shape index (κ3) is 4.32. The molecule has 2 heterocycles. The van der Waals surface area contributed by atoms with Crippen molar-refractivity contribution in [1.29, 1.82) is 5.26 Å². The lowest BCUT2D eigenvalue weighted by atomic mass is 10.1. The van der Waals surface area contributed by atoms with Crippen molar-refractivity contribution in [3.8, 4) is 6.07 Å². The molecule has 1 aliphatic rings. The molecule has 0 radical (unpaired) electrons. The average Bonchev–Trinajstić information content (AvgIpc) is 3.05. The lowest BCUT2D eigenvalue weighted by Gasteiger charge is -2.24. The summed E-state index contributed by atoms with van der Waals surface area (Å²) < 4.78 is 27.1. The zero-order valence-electron chi connectivity index (χ0n) is 17.0. The van der Waals surface area contributed by atoms with Crippen LogP contribution in [0.5, 0.6) is 0 Å². The highest BCUT2D eigenvalue weighted by atomic mass is 19.3. The first-order valence-electron chi connectivity index (χ1n) is 9.59. The fourth-order valence-electron chi connectivity index (χ4n) is 3.40. The molecule has 30 heavy (non-hydrogen) atoms. The van der Waals surface area contributed by atoms with Gasteiger partial charge >= 0.3 is 0 Å². The van der Waals surface area contributed by atoms with E-state index in [0.717, 1.165) is 10.6 Å². The van der Waals surface area contributed by atoms with Crippen molar-refractivity contribution in [3.63, 3.8) is 0 Å². The maximum Gasteiger partial charge on any atom is 0.268 e. The molecule has 1 aromatic carbocycles. The molecule has 0 bridgehead atoms. The molecule has 1 aromatic heterocycles. The Hall–Kier alpha value is -3.28. The molecule has 1 fully saturated rings. The van der Waals surface area contributed by atoms with Gasteiger partial charge in [0, 0.05) is 36.8 Å². The number of carbonyl (C=O) groups is 2. The maximum atomic E-state index is 13.5. The number of rotatable bonds is 5. The minimum absolute atomic E-state index is 0.251. The molecule has 1 N–H and O–H groups in total. The fraction of sp³-hybridized carbons (Fsp3) is 0.429. The van der Waals surface area contributed by atoms with Gasteiger partial charge in [0.05, 0.1) is 30.2 Å². The van der Waals surface area contributed by atoms with E-state index in [2.05, 4.69) is 10.3 Å². The third-order valence-electron chi connectivity index (χ3n) is 5.29. The van der Waals surface area contributed by atoms with E-state index < -0.39 is 43.3 Å². The van der Waals surface area contributed by atoms with Crippen molar-refractivity contribution >= 4 is 28.4 Å². The molecular formula is C21H23F2N5O2. The van der Waals surface area contributed by atoms with Crippen LogP contribution < -0.4 is 10.2 Å². The number of aromatic nitrogens is 1. The van der Waals surface area contributed by atoms with Gasteiger partial charge in [-0.1, -0.05) is 0 Å². The lowest BCUT2D eigenvalue weighted by Crippen LogP contribution is -2.43. The molecule has 7 nitrogen and oxygen atoms in total. The molecule has 2 amide bonds. The van der Waals surface area contributed by atoms with Crippen LogP contribution in [0.25, 0.3) is 10.9 Å². The van der Waals surface area contributed by atoms with Crippen molar-refractivity contribution in [2.45, 2.75) is 38.3 Å². The molecule has 0 spiro atoms. The Morgan fingerprint density at radius 1 is 1.40 bits per heavy atom. The van der Waals surface area contributed by atoms with Crippen molar-refractivity contribution in [2.75, 3.05) is 25.0 Å². The number of amides is 2. The van der Waals surface area contributed by atoms with Gasteiger partial charge in [0.25, 0.3) is 11.8 Å². The predicted octanol–water partition coefficient (Wildman–Crippen LogP) is 2.57. The van der Waals surface area contributed by atoms with Gasteiger partial charge in [-0.2, -0.15) is 5.26 Å². The van der Waals surface area contributed by atoms with E-state index >= 15 is 0 Å². The SMILES string of the molecule is CC(C)N(C)c1ccc2nccc(C(=O)NCC(=O)N3CC(F)(F)CC3C#N)c2c1. The van der Waals surface area contributed by atoms with E-state index in [1.54, 1.807) is 12.1 Å². The number of anilines is 1. The third-order valence-corrected chi connectivity index (χ3v) is 5.29. The summed E-state index contributed by atoms with van der Waals surface area (Å²) in [7, 11) is 1.94. The van der Waals surface area contributed by atoms with Crippen LogP contribution in [0.2, 0.25) is 0 Å². The molecule has 2 aromatic rings. The number of carbonyl (C=O) groups excluding carboxylic acids is 2. The number of likely N-dealkylation sites (tertiary alicyclic amines) is 1. The highest BCUT2D eigenvalue weighted by molar-refractivity contribution is 6.07. The Morgan fingerprint density at radius 3 is 2.80 bits per heavy atom. The number of nitriles is 1. The maximum absolute atomic E-state index is 13.5.